The first-order valence-corrected chi connectivity index (χ1v) is 11.2. The third-order valence-corrected chi connectivity index (χ3v) is 6.24. The lowest BCUT2D eigenvalue weighted by atomic mass is 10.1. The summed E-state index contributed by atoms with van der Waals surface area (Å²) < 4.78 is 5.27. The summed E-state index contributed by atoms with van der Waals surface area (Å²) in [4.78, 5) is 31.1. The lowest BCUT2D eigenvalue weighted by molar-refractivity contribution is -0.134. The SMILES string of the molecule is COc1ccc2cc(C=CC(=O)N3CCN(CC(=O)N4CCCCC4)CC3)ccc2c1. The molecule has 0 N–H and O–H groups in total. The Bertz CT molecular complexity index is 958. The summed E-state index contributed by atoms with van der Waals surface area (Å²) in [5.74, 6) is 1.09. The van der Waals surface area contributed by atoms with Gasteiger partial charge in [-0.1, -0.05) is 18.2 Å². The summed E-state index contributed by atoms with van der Waals surface area (Å²) >= 11 is 0. The number of fused-ring (bicyclic) bond motifs is 1. The van der Waals surface area contributed by atoms with E-state index >= 15 is 0 Å². The van der Waals surface area contributed by atoms with Crippen LogP contribution in [0.3, 0.4) is 0 Å². The fraction of sp³-hybridized carbons (Fsp3) is 0.440. The standard InChI is InChI=1S/C25H31N3O3/c1-31-23-9-8-21-17-20(5-7-22(21)18-23)6-10-24(29)28-15-13-26(14-16-28)19-25(30)27-11-3-2-4-12-27/h5-10,17-18H,2-4,11-16,19H2,1H3. The molecule has 0 aliphatic carbocycles. The molecule has 2 aromatic rings. The summed E-state index contributed by atoms with van der Waals surface area (Å²) in [6.07, 6.45) is 6.99. The highest BCUT2D eigenvalue weighted by Gasteiger charge is 2.24. The summed E-state index contributed by atoms with van der Waals surface area (Å²) in [5, 5.41) is 2.22. The van der Waals surface area contributed by atoms with Gasteiger partial charge < -0.3 is 14.5 Å². The first kappa shape index (κ1) is 21.4. The van der Waals surface area contributed by atoms with Crippen molar-refractivity contribution in [1.29, 1.82) is 0 Å². The maximum atomic E-state index is 12.6. The summed E-state index contributed by atoms with van der Waals surface area (Å²) in [7, 11) is 1.66. The van der Waals surface area contributed by atoms with Crippen LogP contribution in [-0.4, -0.2) is 79.4 Å². The largest absolute Gasteiger partial charge is 0.497 e. The third-order valence-electron chi connectivity index (χ3n) is 6.24. The monoisotopic (exact) mass is 421 g/mol. The number of rotatable bonds is 5. The maximum absolute atomic E-state index is 12.6. The summed E-state index contributed by atoms with van der Waals surface area (Å²) in [6.45, 7) is 5.07. The maximum Gasteiger partial charge on any atom is 0.246 e. The van der Waals surface area contributed by atoms with Gasteiger partial charge in [0, 0.05) is 45.3 Å². The highest BCUT2D eigenvalue weighted by atomic mass is 16.5. The number of piperazine rings is 1. The predicted molar refractivity (Wildman–Crippen MR) is 123 cm³/mol. The quantitative estimate of drug-likeness (QED) is 0.697. The molecule has 4 rings (SSSR count). The molecule has 2 amide bonds. The molecule has 2 fully saturated rings. The number of likely N-dealkylation sites (tertiary alicyclic amines) is 1. The molecule has 0 unspecified atom stereocenters. The Morgan fingerprint density at radius 2 is 1.58 bits per heavy atom. The van der Waals surface area contributed by atoms with Crippen molar-refractivity contribution in [3.05, 3.63) is 48.0 Å². The molecule has 31 heavy (non-hydrogen) atoms. The molecule has 0 aromatic heterocycles. The molecule has 2 aliphatic heterocycles. The van der Waals surface area contributed by atoms with E-state index in [2.05, 4.69) is 11.0 Å². The van der Waals surface area contributed by atoms with Crippen molar-refractivity contribution < 1.29 is 14.3 Å². The molecule has 164 valence electrons. The minimum Gasteiger partial charge on any atom is -0.497 e. The van der Waals surface area contributed by atoms with Crippen LogP contribution in [0.15, 0.2) is 42.5 Å². The van der Waals surface area contributed by atoms with Crippen molar-refractivity contribution in [1.82, 2.24) is 14.7 Å². The fourth-order valence-corrected chi connectivity index (χ4v) is 4.31. The molecule has 0 saturated carbocycles. The van der Waals surface area contributed by atoms with Crippen molar-refractivity contribution in [2.24, 2.45) is 0 Å². The van der Waals surface area contributed by atoms with E-state index in [1.165, 1.54) is 6.42 Å². The Morgan fingerprint density at radius 1 is 0.871 bits per heavy atom. The highest BCUT2D eigenvalue weighted by Crippen LogP contribution is 2.22. The Labute approximate surface area is 184 Å². The lowest BCUT2D eigenvalue weighted by Gasteiger charge is -2.35. The third kappa shape index (κ3) is 5.44. The first-order valence-electron chi connectivity index (χ1n) is 11.2. The van der Waals surface area contributed by atoms with Crippen LogP contribution >= 0.6 is 0 Å². The zero-order chi connectivity index (χ0) is 21.6. The summed E-state index contributed by atoms with van der Waals surface area (Å²) in [6, 6.07) is 12.1. The fourth-order valence-electron chi connectivity index (χ4n) is 4.31. The topological polar surface area (TPSA) is 53.1 Å². The van der Waals surface area contributed by atoms with Gasteiger partial charge in [0.25, 0.3) is 0 Å². The van der Waals surface area contributed by atoms with E-state index in [9.17, 15) is 9.59 Å². The minimum atomic E-state index is 0.0248. The van der Waals surface area contributed by atoms with E-state index in [0.29, 0.717) is 19.6 Å². The Hall–Kier alpha value is -2.86. The van der Waals surface area contributed by atoms with Gasteiger partial charge in [0.2, 0.25) is 11.8 Å². The second-order valence-electron chi connectivity index (χ2n) is 8.35. The summed E-state index contributed by atoms with van der Waals surface area (Å²) in [5.41, 5.74) is 0.997. The number of amides is 2. The van der Waals surface area contributed by atoms with Crippen molar-refractivity contribution in [2.75, 3.05) is 52.9 Å². The number of piperidine rings is 1. The van der Waals surface area contributed by atoms with Gasteiger partial charge in [-0.15, -0.1) is 0 Å². The highest BCUT2D eigenvalue weighted by molar-refractivity contribution is 5.93. The normalized spacial score (nSPS) is 18.0. The number of hydrogen-bond acceptors (Lipinski definition) is 4. The van der Waals surface area contributed by atoms with Crippen LogP contribution in [0.1, 0.15) is 24.8 Å². The van der Waals surface area contributed by atoms with Crippen molar-refractivity contribution in [3.63, 3.8) is 0 Å². The molecular weight excluding hydrogens is 390 g/mol. The van der Waals surface area contributed by atoms with Crippen molar-refractivity contribution in [3.8, 4) is 5.75 Å². The van der Waals surface area contributed by atoms with Crippen LogP contribution in [0.25, 0.3) is 16.8 Å². The minimum absolute atomic E-state index is 0.0248. The lowest BCUT2D eigenvalue weighted by Crippen LogP contribution is -2.51. The van der Waals surface area contributed by atoms with Gasteiger partial charge in [0.05, 0.1) is 13.7 Å². The number of ether oxygens (including phenoxy) is 1. The van der Waals surface area contributed by atoms with Gasteiger partial charge in [-0.2, -0.15) is 0 Å². The number of benzene rings is 2. The first-order chi connectivity index (χ1) is 15.1. The molecule has 6 heteroatoms. The Morgan fingerprint density at radius 3 is 2.32 bits per heavy atom. The van der Waals surface area contributed by atoms with E-state index in [-0.39, 0.29) is 11.8 Å². The Kier molecular flexibility index (Phi) is 6.87. The average Bonchev–Trinajstić information content (AvgIpc) is 2.83. The number of methoxy groups -OCH3 is 1. The number of nitrogens with zero attached hydrogens (tertiary/aromatic N) is 3. The van der Waals surface area contributed by atoms with Crippen LogP contribution in [0.2, 0.25) is 0 Å². The zero-order valence-electron chi connectivity index (χ0n) is 18.3. The predicted octanol–water partition coefficient (Wildman–Crippen LogP) is 3.02. The van der Waals surface area contributed by atoms with Gasteiger partial charge in [-0.05, 0) is 59.9 Å². The Balaban J connectivity index is 1.28. The van der Waals surface area contributed by atoms with Crippen molar-refractivity contribution >= 4 is 28.7 Å². The van der Waals surface area contributed by atoms with E-state index < -0.39 is 0 Å². The molecule has 2 aromatic carbocycles. The van der Waals surface area contributed by atoms with Gasteiger partial charge in [-0.25, -0.2) is 0 Å². The molecule has 0 radical (unpaired) electrons. The van der Waals surface area contributed by atoms with E-state index in [1.807, 2.05) is 46.2 Å². The van der Waals surface area contributed by atoms with Crippen LogP contribution < -0.4 is 4.74 Å². The van der Waals surface area contributed by atoms with Crippen LogP contribution in [-0.2, 0) is 9.59 Å². The molecule has 2 saturated heterocycles. The number of carbonyl (C=O) groups is 2. The molecule has 2 heterocycles. The zero-order valence-corrected chi connectivity index (χ0v) is 18.3. The second kappa shape index (κ2) is 9.96. The molecule has 0 atom stereocenters. The van der Waals surface area contributed by atoms with Crippen LogP contribution in [0, 0.1) is 0 Å². The van der Waals surface area contributed by atoms with Gasteiger partial charge in [0.15, 0.2) is 0 Å². The molecule has 6 nitrogen and oxygen atoms in total. The van der Waals surface area contributed by atoms with Gasteiger partial charge >= 0.3 is 0 Å². The smallest absolute Gasteiger partial charge is 0.246 e. The second-order valence-corrected chi connectivity index (χ2v) is 8.35. The van der Waals surface area contributed by atoms with Gasteiger partial charge in [0.1, 0.15) is 5.75 Å². The molecule has 0 bridgehead atoms. The van der Waals surface area contributed by atoms with Gasteiger partial charge in [-0.3, -0.25) is 14.5 Å². The number of carbonyl (C=O) groups excluding carboxylic acids is 2. The molecule has 0 spiro atoms. The average molecular weight is 422 g/mol. The van der Waals surface area contributed by atoms with E-state index in [0.717, 1.165) is 61.1 Å². The van der Waals surface area contributed by atoms with Crippen molar-refractivity contribution in [2.45, 2.75) is 19.3 Å². The van der Waals surface area contributed by atoms with E-state index in [1.54, 1.807) is 13.2 Å². The van der Waals surface area contributed by atoms with Crippen LogP contribution in [0.4, 0.5) is 0 Å². The van der Waals surface area contributed by atoms with Crippen LogP contribution in [0.5, 0.6) is 5.75 Å². The van der Waals surface area contributed by atoms with E-state index in [4.69, 9.17) is 4.74 Å². The molecular formula is C25H31N3O3. The molecule has 2 aliphatic rings. The number of hydrogen-bond donors (Lipinski definition) is 0.